The maximum atomic E-state index is 13.2. The number of carbonyl (C=O) groups excluding carboxylic acids is 2. The lowest BCUT2D eigenvalue weighted by atomic mass is 10.2. The second-order valence-corrected chi connectivity index (χ2v) is 5.69. The van der Waals surface area contributed by atoms with Crippen molar-refractivity contribution in [2.75, 3.05) is 13.7 Å². The van der Waals surface area contributed by atoms with Gasteiger partial charge in [0.25, 0.3) is 5.91 Å². The van der Waals surface area contributed by atoms with Gasteiger partial charge in [0.2, 0.25) is 0 Å². The van der Waals surface area contributed by atoms with E-state index in [1.54, 1.807) is 29.2 Å². The number of ether oxygens (including phenoxy) is 1. The number of carbonyl (C=O) groups is 2. The molecule has 0 aliphatic carbocycles. The first-order valence-electron chi connectivity index (χ1n) is 6.77. The maximum Gasteiger partial charge on any atom is 0.348 e. The molecule has 6 heteroatoms. The van der Waals surface area contributed by atoms with Gasteiger partial charge >= 0.3 is 5.97 Å². The summed E-state index contributed by atoms with van der Waals surface area (Å²) in [6, 6.07) is 9.33. The van der Waals surface area contributed by atoms with Crippen LogP contribution in [0.5, 0.6) is 0 Å². The molecule has 2 aromatic rings. The lowest BCUT2D eigenvalue weighted by molar-refractivity contribution is 0.0606. The third-order valence-electron chi connectivity index (χ3n) is 3.13. The van der Waals surface area contributed by atoms with Gasteiger partial charge in [-0.15, -0.1) is 11.3 Å². The van der Waals surface area contributed by atoms with E-state index in [1.165, 1.54) is 19.2 Å². The van der Waals surface area contributed by atoms with Crippen LogP contribution < -0.4 is 0 Å². The summed E-state index contributed by atoms with van der Waals surface area (Å²) < 4.78 is 17.9. The Hall–Kier alpha value is -2.21. The third-order valence-corrected chi connectivity index (χ3v) is 4.19. The van der Waals surface area contributed by atoms with E-state index in [0.717, 1.165) is 16.9 Å². The van der Waals surface area contributed by atoms with Crippen molar-refractivity contribution in [2.24, 2.45) is 0 Å². The first-order chi connectivity index (χ1) is 10.5. The molecule has 116 valence electrons. The van der Waals surface area contributed by atoms with Gasteiger partial charge in [0.05, 0.1) is 12.0 Å². The van der Waals surface area contributed by atoms with E-state index in [0.29, 0.717) is 22.8 Å². The zero-order valence-corrected chi connectivity index (χ0v) is 13.2. The van der Waals surface area contributed by atoms with E-state index < -0.39 is 5.97 Å². The highest BCUT2D eigenvalue weighted by Crippen LogP contribution is 2.20. The zero-order chi connectivity index (χ0) is 16.1. The van der Waals surface area contributed by atoms with Crippen molar-refractivity contribution in [2.45, 2.75) is 13.5 Å². The van der Waals surface area contributed by atoms with Gasteiger partial charge in [0.1, 0.15) is 10.7 Å². The minimum Gasteiger partial charge on any atom is -0.465 e. The maximum absolute atomic E-state index is 13.2. The van der Waals surface area contributed by atoms with E-state index in [4.69, 9.17) is 0 Å². The first-order valence-corrected chi connectivity index (χ1v) is 7.58. The largest absolute Gasteiger partial charge is 0.465 e. The molecule has 1 aromatic carbocycles. The number of esters is 1. The predicted octanol–water partition coefficient (Wildman–Crippen LogP) is 3.34. The average molecular weight is 321 g/mol. The molecule has 2 rings (SSSR count). The highest BCUT2D eigenvalue weighted by atomic mass is 32.1. The van der Waals surface area contributed by atoms with Crippen molar-refractivity contribution in [1.82, 2.24) is 4.90 Å². The summed E-state index contributed by atoms with van der Waals surface area (Å²) in [5.74, 6) is -0.978. The lowest BCUT2D eigenvalue weighted by Crippen LogP contribution is -2.29. The number of halogens is 1. The molecule has 0 aliphatic rings. The summed E-state index contributed by atoms with van der Waals surface area (Å²) in [5.41, 5.74) is 0.722. The van der Waals surface area contributed by atoms with Crippen LogP contribution in [-0.4, -0.2) is 30.4 Å². The Kier molecular flexibility index (Phi) is 5.27. The van der Waals surface area contributed by atoms with Crippen LogP contribution in [0.1, 0.15) is 31.8 Å². The highest BCUT2D eigenvalue weighted by Gasteiger charge is 2.19. The van der Waals surface area contributed by atoms with Crippen molar-refractivity contribution in [3.63, 3.8) is 0 Å². The Balaban J connectivity index is 2.15. The summed E-state index contributed by atoms with van der Waals surface area (Å²) in [7, 11) is 1.30. The van der Waals surface area contributed by atoms with Crippen LogP contribution in [0.3, 0.4) is 0 Å². The van der Waals surface area contributed by atoms with Crippen molar-refractivity contribution in [3.05, 3.63) is 57.5 Å². The van der Waals surface area contributed by atoms with E-state index in [-0.39, 0.29) is 11.7 Å². The number of nitrogens with zero attached hydrogens (tertiary/aromatic N) is 1. The molecule has 0 fully saturated rings. The molecule has 0 saturated heterocycles. The Bertz CT molecular complexity index is 684. The van der Waals surface area contributed by atoms with Gasteiger partial charge in [0.15, 0.2) is 0 Å². The second-order valence-electron chi connectivity index (χ2n) is 4.60. The van der Waals surface area contributed by atoms with Gasteiger partial charge in [-0.05, 0) is 36.8 Å². The molecular weight excluding hydrogens is 305 g/mol. The van der Waals surface area contributed by atoms with Crippen LogP contribution in [0.15, 0.2) is 36.4 Å². The minimum absolute atomic E-state index is 0.188. The van der Waals surface area contributed by atoms with Crippen molar-refractivity contribution in [1.29, 1.82) is 0 Å². The van der Waals surface area contributed by atoms with E-state index in [2.05, 4.69) is 4.74 Å². The number of methoxy groups -OCH3 is 1. The van der Waals surface area contributed by atoms with Crippen LogP contribution in [0.2, 0.25) is 0 Å². The summed E-state index contributed by atoms with van der Waals surface area (Å²) in [6.45, 7) is 2.66. The van der Waals surface area contributed by atoms with Gasteiger partial charge in [-0.1, -0.05) is 12.1 Å². The highest BCUT2D eigenvalue weighted by molar-refractivity contribution is 7.15. The van der Waals surface area contributed by atoms with Gasteiger partial charge < -0.3 is 9.64 Å². The van der Waals surface area contributed by atoms with E-state index in [1.807, 2.05) is 6.92 Å². The quantitative estimate of drug-likeness (QED) is 0.794. The fourth-order valence-corrected chi connectivity index (χ4v) is 2.89. The standard InChI is InChI=1S/C16H16FNO3S/c1-3-18(10-11-5-4-6-12(17)9-11)15(19)13-7-8-14(22-13)16(20)21-2/h4-9H,3,10H2,1-2H3. The topological polar surface area (TPSA) is 46.6 Å². The van der Waals surface area contributed by atoms with Crippen LogP contribution in [0.4, 0.5) is 4.39 Å². The molecule has 0 N–H and O–H groups in total. The second kappa shape index (κ2) is 7.17. The fraction of sp³-hybridized carbons (Fsp3) is 0.250. The molecule has 4 nitrogen and oxygen atoms in total. The summed E-state index contributed by atoms with van der Waals surface area (Å²) >= 11 is 1.09. The normalized spacial score (nSPS) is 10.3. The molecule has 22 heavy (non-hydrogen) atoms. The summed E-state index contributed by atoms with van der Waals surface area (Å²) in [5, 5.41) is 0. The Morgan fingerprint density at radius 2 is 1.95 bits per heavy atom. The summed E-state index contributed by atoms with van der Waals surface area (Å²) in [4.78, 5) is 26.4. The van der Waals surface area contributed by atoms with Crippen LogP contribution in [-0.2, 0) is 11.3 Å². The summed E-state index contributed by atoms with van der Waals surface area (Å²) in [6.07, 6.45) is 0. The minimum atomic E-state index is -0.461. The zero-order valence-electron chi connectivity index (χ0n) is 12.3. The Morgan fingerprint density at radius 1 is 1.23 bits per heavy atom. The lowest BCUT2D eigenvalue weighted by Gasteiger charge is -2.20. The molecule has 0 atom stereocenters. The number of hydrogen-bond donors (Lipinski definition) is 0. The van der Waals surface area contributed by atoms with Crippen molar-refractivity contribution in [3.8, 4) is 0 Å². The molecule has 1 aromatic heterocycles. The number of hydrogen-bond acceptors (Lipinski definition) is 4. The molecule has 0 radical (unpaired) electrons. The SMILES string of the molecule is CCN(Cc1cccc(F)c1)C(=O)c1ccc(C(=O)OC)s1. The molecule has 0 unspecified atom stereocenters. The van der Waals surface area contributed by atoms with Crippen molar-refractivity contribution >= 4 is 23.2 Å². The predicted molar refractivity (Wildman–Crippen MR) is 82.5 cm³/mol. The third kappa shape index (κ3) is 3.71. The molecule has 0 aliphatic heterocycles. The molecule has 1 amide bonds. The van der Waals surface area contributed by atoms with Gasteiger partial charge in [-0.2, -0.15) is 0 Å². The van der Waals surface area contributed by atoms with Crippen LogP contribution in [0.25, 0.3) is 0 Å². The number of thiophene rings is 1. The number of benzene rings is 1. The number of rotatable bonds is 5. The smallest absolute Gasteiger partial charge is 0.348 e. The molecular formula is C16H16FNO3S. The molecule has 1 heterocycles. The number of amides is 1. The first kappa shape index (κ1) is 16.2. The molecule has 0 saturated carbocycles. The van der Waals surface area contributed by atoms with Gasteiger partial charge in [0, 0.05) is 13.1 Å². The van der Waals surface area contributed by atoms with E-state index in [9.17, 15) is 14.0 Å². The fourth-order valence-electron chi connectivity index (χ4n) is 2.00. The van der Waals surface area contributed by atoms with Gasteiger partial charge in [-0.25, -0.2) is 9.18 Å². The molecule has 0 spiro atoms. The monoisotopic (exact) mass is 321 g/mol. The van der Waals surface area contributed by atoms with E-state index >= 15 is 0 Å². The van der Waals surface area contributed by atoms with Gasteiger partial charge in [-0.3, -0.25) is 4.79 Å². The Labute approximate surface area is 132 Å². The van der Waals surface area contributed by atoms with Crippen molar-refractivity contribution < 1.29 is 18.7 Å². The molecule has 0 bridgehead atoms. The van der Waals surface area contributed by atoms with Crippen LogP contribution in [0, 0.1) is 5.82 Å². The average Bonchev–Trinajstić information content (AvgIpc) is 3.01. The Morgan fingerprint density at radius 3 is 2.59 bits per heavy atom. The van der Waals surface area contributed by atoms with Crippen LogP contribution >= 0.6 is 11.3 Å².